The first kappa shape index (κ1) is 14.3. The topological polar surface area (TPSA) is 66.8 Å². The number of hydrogen-bond acceptors (Lipinski definition) is 3. The molecule has 1 N–H and O–H groups in total. The van der Waals surface area contributed by atoms with Gasteiger partial charge < -0.3 is 14.7 Å². The second-order valence-electron chi connectivity index (χ2n) is 5.62. The van der Waals surface area contributed by atoms with E-state index in [1.165, 1.54) is 0 Å². The molecule has 0 radical (unpaired) electrons. The number of nitrogens with zero attached hydrogens (tertiary/aromatic N) is 1. The predicted octanol–water partition coefficient (Wildman–Crippen LogP) is 1.80. The zero-order chi connectivity index (χ0) is 13.8. The zero-order valence-corrected chi connectivity index (χ0v) is 11.5. The molecule has 108 valence electrons. The maximum atomic E-state index is 12.2. The number of carbonyl (C=O) groups is 2. The summed E-state index contributed by atoms with van der Waals surface area (Å²) in [5.41, 5.74) is 0. The molecule has 0 aromatic heterocycles. The Morgan fingerprint density at radius 1 is 1.26 bits per heavy atom. The number of aliphatic carboxylic acids is 1. The normalized spacial score (nSPS) is 31.4. The number of amides is 1. The minimum Gasteiger partial charge on any atom is -0.480 e. The molecule has 0 spiro atoms. The van der Waals surface area contributed by atoms with E-state index in [4.69, 9.17) is 9.84 Å². The second-order valence-corrected chi connectivity index (χ2v) is 5.62. The summed E-state index contributed by atoms with van der Waals surface area (Å²) < 4.78 is 5.69. The third-order valence-corrected chi connectivity index (χ3v) is 4.11. The largest absolute Gasteiger partial charge is 0.480 e. The number of hydrogen-bond donors (Lipinski definition) is 1. The molecule has 2 rings (SSSR count). The van der Waals surface area contributed by atoms with Crippen LogP contribution in [-0.2, 0) is 14.3 Å². The summed E-state index contributed by atoms with van der Waals surface area (Å²) >= 11 is 0. The molecule has 2 aliphatic rings. The van der Waals surface area contributed by atoms with E-state index in [1.807, 2.05) is 6.92 Å². The van der Waals surface area contributed by atoms with Crippen molar-refractivity contribution in [3.8, 4) is 0 Å². The third kappa shape index (κ3) is 3.69. The fraction of sp³-hybridized carbons (Fsp3) is 0.857. The first-order chi connectivity index (χ1) is 9.08. The molecular weight excluding hydrogens is 246 g/mol. The fourth-order valence-corrected chi connectivity index (χ4v) is 3.01. The van der Waals surface area contributed by atoms with Crippen molar-refractivity contribution >= 4 is 11.9 Å². The summed E-state index contributed by atoms with van der Waals surface area (Å²) in [6.07, 6.45) is 6.03. The summed E-state index contributed by atoms with van der Waals surface area (Å²) in [5.74, 6) is -0.908. The predicted molar refractivity (Wildman–Crippen MR) is 69.8 cm³/mol. The maximum Gasteiger partial charge on any atom is 0.326 e. The molecule has 0 bridgehead atoms. The molecule has 2 unspecified atom stereocenters. The van der Waals surface area contributed by atoms with Gasteiger partial charge in [-0.1, -0.05) is 0 Å². The lowest BCUT2D eigenvalue weighted by molar-refractivity contribution is -0.152. The lowest BCUT2D eigenvalue weighted by Crippen LogP contribution is -2.48. The van der Waals surface area contributed by atoms with Crippen LogP contribution in [0.3, 0.4) is 0 Å². The van der Waals surface area contributed by atoms with Crippen molar-refractivity contribution in [3.63, 3.8) is 0 Å². The number of likely N-dealkylation sites (tertiary alicyclic amines) is 1. The SMILES string of the molecule is CC1CCC(CCC(=O)N2CCCC[C@@H]2C(=O)O)O1. The Morgan fingerprint density at radius 3 is 2.68 bits per heavy atom. The molecule has 5 heteroatoms. The number of piperidine rings is 1. The summed E-state index contributed by atoms with van der Waals surface area (Å²) in [7, 11) is 0. The van der Waals surface area contributed by atoms with Crippen LogP contribution in [0, 0.1) is 0 Å². The van der Waals surface area contributed by atoms with E-state index < -0.39 is 12.0 Å². The van der Waals surface area contributed by atoms with Crippen LogP contribution in [0.25, 0.3) is 0 Å². The maximum absolute atomic E-state index is 12.2. The molecule has 5 nitrogen and oxygen atoms in total. The van der Waals surface area contributed by atoms with Gasteiger partial charge in [0, 0.05) is 13.0 Å². The molecule has 3 atom stereocenters. The van der Waals surface area contributed by atoms with Gasteiger partial charge in [0.25, 0.3) is 0 Å². The third-order valence-electron chi connectivity index (χ3n) is 4.11. The summed E-state index contributed by atoms with van der Waals surface area (Å²) in [4.78, 5) is 24.9. The molecule has 0 aliphatic carbocycles. The van der Waals surface area contributed by atoms with Crippen molar-refractivity contribution < 1.29 is 19.4 Å². The average molecular weight is 269 g/mol. The molecule has 2 saturated heterocycles. The van der Waals surface area contributed by atoms with Crippen LogP contribution in [0.1, 0.15) is 51.9 Å². The van der Waals surface area contributed by atoms with Gasteiger partial charge in [0.05, 0.1) is 12.2 Å². The molecular formula is C14H23NO4. The highest BCUT2D eigenvalue weighted by atomic mass is 16.5. The van der Waals surface area contributed by atoms with E-state index in [1.54, 1.807) is 4.90 Å². The van der Waals surface area contributed by atoms with Crippen LogP contribution < -0.4 is 0 Å². The van der Waals surface area contributed by atoms with Crippen LogP contribution in [0.5, 0.6) is 0 Å². The number of rotatable bonds is 4. The minimum absolute atomic E-state index is 0.0322. The number of ether oxygens (including phenoxy) is 1. The highest BCUT2D eigenvalue weighted by Gasteiger charge is 2.32. The molecule has 19 heavy (non-hydrogen) atoms. The van der Waals surface area contributed by atoms with Gasteiger partial charge in [0.15, 0.2) is 0 Å². The summed E-state index contributed by atoms with van der Waals surface area (Å²) in [5, 5.41) is 9.15. The Bertz CT molecular complexity index is 344. The highest BCUT2D eigenvalue weighted by molar-refractivity contribution is 5.83. The quantitative estimate of drug-likeness (QED) is 0.845. The van der Waals surface area contributed by atoms with Gasteiger partial charge in [-0.3, -0.25) is 4.79 Å². The van der Waals surface area contributed by atoms with Gasteiger partial charge in [0.2, 0.25) is 5.91 Å². The van der Waals surface area contributed by atoms with E-state index in [0.29, 0.717) is 31.9 Å². The standard InChI is InChI=1S/C14H23NO4/c1-10-5-6-11(19-10)7-8-13(16)15-9-3-2-4-12(15)14(17)18/h10-12H,2-9H2,1H3,(H,17,18)/t10?,11?,12-/m1/s1. The summed E-state index contributed by atoms with van der Waals surface area (Å²) in [6.45, 7) is 2.63. The molecule has 0 aromatic carbocycles. The Balaban J connectivity index is 1.82. The Kier molecular flexibility index (Phi) is 4.80. The van der Waals surface area contributed by atoms with Crippen LogP contribution in [-0.4, -0.2) is 46.7 Å². The molecule has 2 aliphatic heterocycles. The van der Waals surface area contributed by atoms with Crippen LogP contribution in [0.15, 0.2) is 0 Å². The number of carboxylic acid groups (broad SMARTS) is 1. The van der Waals surface area contributed by atoms with E-state index in [-0.39, 0.29) is 12.0 Å². The van der Waals surface area contributed by atoms with Crippen molar-refractivity contribution in [2.45, 2.75) is 70.1 Å². The molecule has 1 amide bonds. The Labute approximate surface area is 113 Å². The van der Waals surface area contributed by atoms with Crippen molar-refractivity contribution in [1.29, 1.82) is 0 Å². The van der Waals surface area contributed by atoms with Crippen molar-refractivity contribution in [2.75, 3.05) is 6.54 Å². The fourth-order valence-electron chi connectivity index (χ4n) is 3.01. The second kappa shape index (κ2) is 6.37. The van der Waals surface area contributed by atoms with Crippen LogP contribution in [0.2, 0.25) is 0 Å². The lowest BCUT2D eigenvalue weighted by Gasteiger charge is -2.33. The van der Waals surface area contributed by atoms with Crippen molar-refractivity contribution in [3.05, 3.63) is 0 Å². The number of carboxylic acids is 1. The number of carbonyl (C=O) groups excluding carboxylic acids is 1. The Hall–Kier alpha value is -1.10. The molecule has 0 aromatic rings. The lowest BCUT2D eigenvalue weighted by atomic mass is 10.0. The van der Waals surface area contributed by atoms with E-state index >= 15 is 0 Å². The van der Waals surface area contributed by atoms with Gasteiger partial charge in [-0.15, -0.1) is 0 Å². The van der Waals surface area contributed by atoms with Gasteiger partial charge in [-0.25, -0.2) is 4.79 Å². The van der Waals surface area contributed by atoms with Crippen LogP contribution >= 0.6 is 0 Å². The van der Waals surface area contributed by atoms with Gasteiger partial charge >= 0.3 is 5.97 Å². The molecule has 2 heterocycles. The van der Waals surface area contributed by atoms with Gasteiger partial charge in [-0.2, -0.15) is 0 Å². The van der Waals surface area contributed by atoms with E-state index in [2.05, 4.69) is 0 Å². The van der Waals surface area contributed by atoms with E-state index in [9.17, 15) is 9.59 Å². The van der Waals surface area contributed by atoms with E-state index in [0.717, 1.165) is 25.7 Å². The minimum atomic E-state index is -0.876. The van der Waals surface area contributed by atoms with Gasteiger partial charge in [-0.05, 0) is 45.4 Å². The first-order valence-corrected chi connectivity index (χ1v) is 7.25. The first-order valence-electron chi connectivity index (χ1n) is 7.25. The highest BCUT2D eigenvalue weighted by Crippen LogP contribution is 2.24. The van der Waals surface area contributed by atoms with Crippen molar-refractivity contribution in [1.82, 2.24) is 4.90 Å². The Morgan fingerprint density at radius 2 is 2.05 bits per heavy atom. The summed E-state index contributed by atoms with van der Waals surface area (Å²) in [6, 6.07) is -0.621. The molecule has 0 saturated carbocycles. The van der Waals surface area contributed by atoms with Crippen molar-refractivity contribution in [2.24, 2.45) is 0 Å². The van der Waals surface area contributed by atoms with Crippen LogP contribution in [0.4, 0.5) is 0 Å². The molecule has 2 fully saturated rings. The smallest absolute Gasteiger partial charge is 0.326 e. The zero-order valence-electron chi connectivity index (χ0n) is 11.5. The monoisotopic (exact) mass is 269 g/mol. The average Bonchev–Trinajstić information content (AvgIpc) is 2.81. The van der Waals surface area contributed by atoms with Gasteiger partial charge in [0.1, 0.15) is 6.04 Å².